The van der Waals surface area contributed by atoms with Crippen molar-refractivity contribution in [2.45, 2.75) is 13.3 Å². The summed E-state index contributed by atoms with van der Waals surface area (Å²) in [5.41, 5.74) is 8.35. The van der Waals surface area contributed by atoms with Crippen molar-refractivity contribution in [3.63, 3.8) is 0 Å². The van der Waals surface area contributed by atoms with Crippen molar-refractivity contribution >= 4 is 0 Å². The summed E-state index contributed by atoms with van der Waals surface area (Å²) in [6.07, 6.45) is 0.726. The Balaban J connectivity index is 3.58. The van der Waals surface area contributed by atoms with Crippen molar-refractivity contribution in [2.75, 3.05) is 0 Å². The van der Waals surface area contributed by atoms with Gasteiger partial charge in [0.25, 0.3) is 0 Å². The molecule has 3 nitrogen and oxygen atoms in total. The highest BCUT2D eigenvalue weighted by Crippen LogP contribution is 1.95. The van der Waals surface area contributed by atoms with E-state index in [1.165, 1.54) is 0 Å². The molecule has 0 unspecified atom stereocenters. The topological polar surface area (TPSA) is 48.8 Å². The number of allylic oxidation sites excluding steroid dienone is 1. The summed E-state index contributed by atoms with van der Waals surface area (Å²) in [6, 6.07) is 0. The number of azide groups is 1. The lowest BCUT2D eigenvalue weighted by Gasteiger charge is -1.81. The van der Waals surface area contributed by atoms with E-state index in [2.05, 4.69) is 16.6 Å². The van der Waals surface area contributed by atoms with Gasteiger partial charge in [-0.1, -0.05) is 18.6 Å². The molecule has 0 aliphatic heterocycles. The third kappa shape index (κ3) is 2.86. The monoisotopic (exact) mass is 97.1 g/mol. The molecule has 0 heterocycles. The fraction of sp³-hybridized carbons (Fsp3) is 0.500. The van der Waals surface area contributed by atoms with E-state index in [9.17, 15) is 0 Å². The van der Waals surface area contributed by atoms with Gasteiger partial charge in [-0.3, -0.25) is 0 Å². The summed E-state index contributed by atoms with van der Waals surface area (Å²) < 4.78 is 0. The van der Waals surface area contributed by atoms with E-state index in [1.807, 2.05) is 6.92 Å². The van der Waals surface area contributed by atoms with Gasteiger partial charge in [0.15, 0.2) is 0 Å². The van der Waals surface area contributed by atoms with Crippen LogP contribution in [0.3, 0.4) is 0 Å². The van der Waals surface area contributed by atoms with Crippen LogP contribution in [0.2, 0.25) is 0 Å². The molecule has 0 aromatic rings. The molecule has 0 amide bonds. The maximum Gasteiger partial charge on any atom is 0.00759 e. The summed E-state index contributed by atoms with van der Waals surface area (Å²) >= 11 is 0. The Morgan fingerprint density at radius 3 is 2.71 bits per heavy atom. The number of hydrogen-bond acceptors (Lipinski definition) is 1. The molecule has 38 valence electrons. The second-order valence-corrected chi connectivity index (χ2v) is 1.11. The number of rotatable bonds is 2. The molecule has 0 fully saturated rings. The second-order valence-electron chi connectivity index (χ2n) is 1.11. The third-order valence-corrected chi connectivity index (χ3v) is 0.594. The zero-order valence-corrected chi connectivity index (χ0v) is 4.26. The quantitative estimate of drug-likeness (QED) is 0.288. The Morgan fingerprint density at radius 1 is 2.00 bits per heavy atom. The molecule has 0 radical (unpaired) electrons. The summed E-state index contributed by atoms with van der Waals surface area (Å²) in [6.45, 7) is 5.33. The molecule has 0 rings (SSSR count). The van der Waals surface area contributed by atoms with Crippen LogP contribution in [-0.2, 0) is 0 Å². The van der Waals surface area contributed by atoms with Gasteiger partial charge >= 0.3 is 0 Å². The molecular weight excluding hydrogens is 90.1 g/mol. The van der Waals surface area contributed by atoms with E-state index >= 15 is 0 Å². The van der Waals surface area contributed by atoms with Crippen LogP contribution in [-0.4, -0.2) is 0 Å². The highest BCUT2D eigenvalue weighted by molar-refractivity contribution is 4.88. The van der Waals surface area contributed by atoms with E-state index in [0.29, 0.717) is 5.70 Å². The first-order valence-electron chi connectivity index (χ1n) is 2.04. The predicted molar refractivity (Wildman–Crippen MR) is 28.6 cm³/mol. The Morgan fingerprint density at radius 2 is 2.57 bits per heavy atom. The Hall–Kier alpha value is -0.950. The first-order valence-corrected chi connectivity index (χ1v) is 2.04. The molecule has 0 aromatic carbocycles. The van der Waals surface area contributed by atoms with Crippen molar-refractivity contribution in [3.05, 3.63) is 22.7 Å². The standard InChI is InChI=1S/C4H7N3/c1-3-4(2)6-7-5/h2-3H2,1H3. The number of hydrogen-bond donors (Lipinski definition) is 0. The molecule has 0 saturated carbocycles. The fourth-order valence-corrected chi connectivity index (χ4v) is 0.134. The molecule has 0 saturated heterocycles. The Bertz CT molecular complexity index is 110. The lowest BCUT2D eigenvalue weighted by atomic mass is 10.4. The Labute approximate surface area is 42.3 Å². The zero-order valence-electron chi connectivity index (χ0n) is 4.26. The molecule has 0 aliphatic carbocycles. The molecule has 0 spiro atoms. The van der Waals surface area contributed by atoms with E-state index in [-0.39, 0.29) is 0 Å². The first-order chi connectivity index (χ1) is 3.31. The van der Waals surface area contributed by atoms with Crippen LogP contribution in [0.1, 0.15) is 13.3 Å². The van der Waals surface area contributed by atoms with Crippen molar-refractivity contribution in [1.29, 1.82) is 0 Å². The molecule has 0 atom stereocenters. The maximum absolute atomic E-state index is 7.77. The molecule has 7 heavy (non-hydrogen) atoms. The number of nitrogens with zero attached hydrogens (tertiary/aromatic N) is 3. The van der Waals surface area contributed by atoms with Gasteiger partial charge < -0.3 is 0 Å². The van der Waals surface area contributed by atoms with Crippen molar-refractivity contribution < 1.29 is 0 Å². The molecule has 0 aromatic heterocycles. The average molecular weight is 97.1 g/mol. The van der Waals surface area contributed by atoms with Crippen LogP contribution < -0.4 is 0 Å². The minimum absolute atomic E-state index is 0.586. The van der Waals surface area contributed by atoms with E-state index in [0.717, 1.165) is 6.42 Å². The summed E-state index contributed by atoms with van der Waals surface area (Å²) in [7, 11) is 0. The molecule has 0 bridgehead atoms. The zero-order chi connectivity index (χ0) is 5.70. The normalized spacial score (nSPS) is 7.00. The average Bonchev–Trinajstić information content (AvgIpc) is 1.68. The van der Waals surface area contributed by atoms with Gasteiger partial charge in [0, 0.05) is 10.6 Å². The SMILES string of the molecule is C=C(CC)N=[N+]=[N-]. The van der Waals surface area contributed by atoms with Crippen LogP contribution in [0, 0.1) is 0 Å². The van der Waals surface area contributed by atoms with Gasteiger partial charge in [0.1, 0.15) is 0 Å². The highest BCUT2D eigenvalue weighted by atomic mass is 15.1. The lowest BCUT2D eigenvalue weighted by Crippen LogP contribution is -1.62. The van der Waals surface area contributed by atoms with Gasteiger partial charge in [0.05, 0.1) is 0 Å². The molecule has 0 aliphatic rings. The molecule has 0 N–H and O–H groups in total. The van der Waals surface area contributed by atoms with Gasteiger partial charge in [-0.25, -0.2) is 0 Å². The van der Waals surface area contributed by atoms with Crippen molar-refractivity contribution in [2.24, 2.45) is 5.11 Å². The van der Waals surface area contributed by atoms with Crippen LogP contribution in [0.4, 0.5) is 0 Å². The van der Waals surface area contributed by atoms with E-state index in [4.69, 9.17) is 5.53 Å². The maximum atomic E-state index is 7.77. The predicted octanol–water partition coefficient (Wildman–Crippen LogP) is 2.22. The summed E-state index contributed by atoms with van der Waals surface area (Å²) in [4.78, 5) is 2.53. The minimum atomic E-state index is 0.586. The third-order valence-electron chi connectivity index (χ3n) is 0.594. The van der Waals surface area contributed by atoms with Crippen molar-refractivity contribution in [1.82, 2.24) is 0 Å². The Kier molecular flexibility index (Phi) is 2.81. The summed E-state index contributed by atoms with van der Waals surface area (Å²) in [5.74, 6) is 0. The highest BCUT2D eigenvalue weighted by Gasteiger charge is 1.76. The molecule has 3 heteroatoms. The van der Waals surface area contributed by atoms with Crippen LogP contribution in [0.25, 0.3) is 10.4 Å². The van der Waals surface area contributed by atoms with Gasteiger partial charge in [-0.05, 0) is 12.0 Å². The van der Waals surface area contributed by atoms with Crippen LogP contribution in [0.5, 0.6) is 0 Å². The fourth-order valence-electron chi connectivity index (χ4n) is 0.134. The van der Waals surface area contributed by atoms with Crippen LogP contribution >= 0.6 is 0 Å². The van der Waals surface area contributed by atoms with Crippen LogP contribution in [0.15, 0.2) is 17.4 Å². The van der Waals surface area contributed by atoms with Gasteiger partial charge in [0.2, 0.25) is 0 Å². The smallest absolute Gasteiger partial charge is 0.00759 e. The lowest BCUT2D eigenvalue weighted by molar-refractivity contribution is 1.07. The van der Waals surface area contributed by atoms with Gasteiger partial charge in [-0.15, -0.1) is 0 Å². The molecular formula is C4H7N3. The van der Waals surface area contributed by atoms with E-state index < -0.39 is 0 Å². The summed E-state index contributed by atoms with van der Waals surface area (Å²) in [5, 5.41) is 3.23. The largest absolute Gasteiger partial charge is 0.0936 e. The van der Waals surface area contributed by atoms with E-state index in [1.54, 1.807) is 0 Å². The first kappa shape index (κ1) is 6.05. The van der Waals surface area contributed by atoms with Gasteiger partial charge in [-0.2, -0.15) is 0 Å². The second kappa shape index (κ2) is 3.25. The van der Waals surface area contributed by atoms with Crippen molar-refractivity contribution in [3.8, 4) is 0 Å². The minimum Gasteiger partial charge on any atom is -0.0936 e.